The van der Waals surface area contributed by atoms with E-state index >= 15 is 0 Å². The summed E-state index contributed by atoms with van der Waals surface area (Å²) in [5, 5.41) is 5.31. The van der Waals surface area contributed by atoms with Gasteiger partial charge in [-0.1, -0.05) is 18.2 Å². The van der Waals surface area contributed by atoms with E-state index in [1.54, 1.807) is 39.5 Å². The molecule has 5 nitrogen and oxygen atoms in total. The van der Waals surface area contributed by atoms with Gasteiger partial charge in [-0.2, -0.15) is 0 Å². The third kappa shape index (κ3) is 7.93. The van der Waals surface area contributed by atoms with Crippen LogP contribution in [0, 0.1) is 0 Å². The Morgan fingerprint density at radius 1 is 1.23 bits per heavy atom. The summed E-state index contributed by atoms with van der Waals surface area (Å²) < 4.78 is 5.11. The molecule has 0 aromatic heterocycles. The molecule has 6 heteroatoms. The number of benzene rings is 1. The number of hydrogen-bond acceptors (Lipinski definition) is 4. The summed E-state index contributed by atoms with van der Waals surface area (Å²) in [6, 6.07) is 9.35. The van der Waals surface area contributed by atoms with Crippen molar-refractivity contribution in [2.45, 2.75) is 44.2 Å². The van der Waals surface area contributed by atoms with E-state index in [9.17, 15) is 9.59 Å². The third-order valence-corrected chi connectivity index (χ3v) is 3.55. The second-order valence-electron chi connectivity index (χ2n) is 5.82. The highest BCUT2D eigenvalue weighted by Gasteiger charge is 2.20. The highest BCUT2D eigenvalue weighted by Crippen LogP contribution is 2.15. The van der Waals surface area contributed by atoms with E-state index in [-0.39, 0.29) is 5.91 Å². The van der Waals surface area contributed by atoms with Gasteiger partial charge in [-0.3, -0.25) is 4.79 Å². The van der Waals surface area contributed by atoms with Crippen LogP contribution in [0.1, 0.15) is 27.7 Å². The van der Waals surface area contributed by atoms with Gasteiger partial charge in [0.05, 0.1) is 0 Å². The molecule has 1 aromatic carbocycles. The van der Waals surface area contributed by atoms with Crippen molar-refractivity contribution < 1.29 is 14.3 Å². The van der Waals surface area contributed by atoms with Crippen molar-refractivity contribution in [3.05, 3.63) is 30.3 Å². The lowest BCUT2D eigenvalue weighted by molar-refractivity contribution is -0.122. The van der Waals surface area contributed by atoms with Crippen LogP contribution >= 0.6 is 11.8 Å². The molecular formula is C16H24N2O3S. The number of hydrogen-bond donors (Lipinski definition) is 2. The Bertz CT molecular complexity index is 486. The van der Waals surface area contributed by atoms with Crippen LogP contribution in [0.5, 0.6) is 0 Å². The molecule has 122 valence electrons. The minimum absolute atomic E-state index is 0.223. The molecule has 0 spiro atoms. The minimum Gasteiger partial charge on any atom is -0.444 e. The SMILES string of the molecule is C[C@@H](NC(=O)OC(C)(C)C)C(=O)NCCSc1ccccc1. The predicted octanol–water partition coefficient (Wildman–Crippen LogP) is 2.81. The first-order valence-corrected chi connectivity index (χ1v) is 8.21. The van der Waals surface area contributed by atoms with E-state index in [1.807, 2.05) is 30.3 Å². The summed E-state index contributed by atoms with van der Waals surface area (Å²) in [4.78, 5) is 24.6. The summed E-state index contributed by atoms with van der Waals surface area (Å²) in [5.41, 5.74) is -0.577. The molecular weight excluding hydrogens is 300 g/mol. The van der Waals surface area contributed by atoms with Gasteiger partial charge in [-0.15, -0.1) is 11.8 Å². The lowest BCUT2D eigenvalue weighted by Gasteiger charge is -2.21. The van der Waals surface area contributed by atoms with Crippen LogP contribution in [0.25, 0.3) is 0 Å². The number of amides is 2. The first-order chi connectivity index (χ1) is 10.3. The van der Waals surface area contributed by atoms with Crippen molar-refractivity contribution >= 4 is 23.8 Å². The number of ether oxygens (including phenoxy) is 1. The van der Waals surface area contributed by atoms with Crippen LogP contribution in [-0.4, -0.2) is 35.9 Å². The average molecular weight is 324 g/mol. The molecule has 2 amide bonds. The topological polar surface area (TPSA) is 67.4 Å². The summed E-state index contributed by atoms with van der Waals surface area (Å²) >= 11 is 1.67. The lowest BCUT2D eigenvalue weighted by Crippen LogP contribution is -2.46. The van der Waals surface area contributed by atoms with Gasteiger partial charge in [0.1, 0.15) is 11.6 Å². The van der Waals surface area contributed by atoms with Crippen molar-refractivity contribution in [2.75, 3.05) is 12.3 Å². The van der Waals surface area contributed by atoms with E-state index in [1.165, 1.54) is 0 Å². The maximum Gasteiger partial charge on any atom is 0.408 e. The van der Waals surface area contributed by atoms with Crippen molar-refractivity contribution in [1.82, 2.24) is 10.6 Å². The Hall–Kier alpha value is -1.69. The molecule has 2 N–H and O–H groups in total. The van der Waals surface area contributed by atoms with Crippen molar-refractivity contribution in [3.8, 4) is 0 Å². The first kappa shape index (κ1) is 18.4. The van der Waals surface area contributed by atoms with Crippen LogP contribution < -0.4 is 10.6 Å². The lowest BCUT2D eigenvalue weighted by atomic mass is 10.2. The smallest absolute Gasteiger partial charge is 0.408 e. The van der Waals surface area contributed by atoms with Gasteiger partial charge in [0.15, 0.2) is 0 Å². The Balaban J connectivity index is 2.22. The zero-order valence-electron chi connectivity index (χ0n) is 13.5. The number of carbonyl (C=O) groups excluding carboxylic acids is 2. The van der Waals surface area contributed by atoms with Crippen LogP contribution in [-0.2, 0) is 9.53 Å². The van der Waals surface area contributed by atoms with Crippen LogP contribution in [0.15, 0.2) is 35.2 Å². The molecule has 0 unspecified atom stereocenters. The molecule has 22 heavy (non-hydrogen) atoms. The third-order valence-electron chi connectivity index (χ3n) is 2.54. The predicted molar refractivity (Wildman–Crippen MR) is 89.0 cm³/mol. The summed E-state index contributed by atoms with van der Waals surface area (Å²) in [5.74, 6) is 0.550. The Morgan fingerprint density at radius 3 is 2.45 bits per heavy atom. The van der Waals surface area contributed by atoms with Crippen LogP contribution in [0.2, 0.25) is 0 Å². The fourth-order valence-electron chi connectivity index (χ4n) is 1.56. The zero-order chi connectivity index (χ0) is 16.6. The average Bonchev–Trinajstić information content (AvgIpc) is 2.42. The van der Waals surface area contributed by atoms with E-state index in [0.29, 0.717) is 6.54 Å². The molecule has 0 radical (unpaired) electrons. The standard InChI is InChI=1S/C16H24N2O3S/c1-12(18-15(20)21-16(2,3)4)14(19)17-10-11-22-13-8-6-5-7-9-13/h5-9,12H,10-11H2,1-4H3,(H,17,19)(H,18,20)/t12-/m1/s1. The van der Waals surface area contributed by atoms with Gasteiger partial charge in [0, 0.05) is 17.2 Å². The molecule has 0 aliphatic rings. The molecule has 0 aliphatic heterocycles. The number of carbonyl (C=O) groups is 2. The monoisotopic (exact) mass is 324 g/mol. The second kappa shape index (κ2) is 8.68. The Labute approximate surface area is 136 Å². The van der Waals surface area contributed by atoms with E-state index in [0.717, 1.165) is 10.6 Å². The fraction of sp³-hybridized carbons (Fsp3) is 0.500. The molecule has 0 bridgehead atoms. The van der Waals surface area contributed by atoms with Gasteiger partial charge in [0.25, 0.3) is 0 Å². The molecule has 1 rings (SSSR count). The second-order valence-corrected chi connectivity index (χ2v) is 6.99. The normalized spacial score (nSPS) is 12.4. The van der Waals surface area contributed by atoms with Gasteiger partial charge in [-0.05, 0) is 39.8 Å². The molecule has 1 atom stereocenters. The van der Waals surface area contributed by atoms with Crippen LogP contribution in [0.3, 0.4) is 0 Å². The Kier molecular flexibility index (Phi) is 7.24. The molecule has 0 fully saturated rings. The van der Waals surface area contributed by atoms with Crippen molar-refractivity contribution in [2.24, 2.45) is 0 Å². The van der Waals surface area contributed by atoms with E-state index in [4.69, 9.17) is 4.74 Å². The van der Waals surface area contributed by atoms with Crippen molar-refractivity contribution in [3.63, 3.8) is 0 Å². The highest BCUT2D eigenvalue weighted by molar-refractivity contribution is 7.99. The fourth-order valence-corrected chi connectivity index (χ4v) is 2.35. The maximum atomic E-state index is 11.9. The molecule has 0 heterocycles. The van der Waals surface area contributed by atoms with E-state index in [2.05, 4.69) is 10.6 Å². The number of rotatable bonds is 6. The Morgan fingerprint density at radius 2 is 1.86 bits per heavy atom. The summed E-state index contributed by atoms with van der Waals surface area (Å²) in [6.07, 6.45) is -0.589. The first-order valence-electron chi connectivity index (χ1n) is 7.23. The van der Waals surface area contributed by atoms with Gasteiger partial charge in [-0.25, -0.2) is 4.79 Å². The number of alkyl carbamates (subject to hydrolysis) is 1. The van der Waals surface area contributed by atoms with Gasteiger partial charge >= 0.3 is 6.09 Å². The maximum absolute atomic E-state index is 11.9. The van der Waals surface area contributed by atoms with Gasteiger partial charge in [0.2, 0.25) is 5.91 Å². The van der Waals surface area contributed by atoms with Gasteiger partial charge < -0.3 is 15.4 Å². The summed E-state index contributed by atoms with van der Waals surface area (Å²) in [7, 11) is 0. The quantitative estimate of drug-likeness (QED) is 0.624. The highest BCUT2D eigenvalue weighted by atomic mass is 32.2. The largest absolute Gasteiger partial charge is 0.444 e. The number of thioether (sulfide) groups is 1. The summed E-state index contributed by atoms with van der Waals surface area (Å²) in [6.45, 7) is 7.50. The van der Waals surface area contributed by atoms with Crippen molar-refractivity contribution in [1.29, 1.82) is 0 Å². The van der Waals surface area contributed by atoms with E-state index < -0.39 is 17.7 Å². The molecule has 1 aromatic rings. The molecule has 0 saturated heterocycles. The zero-order valence-corrected chi connectivity index (χ0v) is 14.3. The minimum atomic E-state index is -0.628. The molecule has 0 aliphatic carbocycles. The molecule has 0 saturated carbocycles. The number of nitrogens with one attached hydrogen (secondary N) is 2. The van der Waals surface area contributed by atoms with Crippen LogP contribution in [0.4, 0.5) is 4.79 Å².